The lowest BCUT2D eigenvalue weighted by molar-refractivity contribution is 0.0187. The highest BCUT2D eigenvalue weighted by atomic mass is 19.2. The molecule has 1 unspecified atom stereocenters. The molecule has 1 atom stereocenters. The molecule has 0 bridgehead atoms. The van der Waals surface area contributed by atoms with E-state index in [1.54, 1.807) is 52.1 Å². The molecule has 10 aromatic carbocycles. The van der Waals surface area contributed by atoms with Gasteiger partial charge in [0.1, 0.15) is 5.75 Å². The first kappa shape index (κ1) is 78.0. The molecule has 18 nitrogen and oxygen atoms in total. The Bertz CT molecular complexity index is 6700. The number of hydrogen-bond donors (Lipinski definition) is 3. The number of aromatic nitrogens is 12. The van der Waals surface area contributed by atoms with Crippen LogP contribution in [0.1, 0.15) is 81.5 Å². The van der Waals surface area contributed by atoms with Gasteiger partial charge in [-0.05, 0) is 288 Å². The number of phenolic OH excluding ortho intramolecular Hbond substituents is 1. The van der Waals surface area contributed by atoms with E-state index in [0.29, 0.717) is 42.1 Å². The molecule has 0 aliphatic carbocycles. The lowest BCUT2D eigenvalue weighted by Gasteiger charge is -2.23. The number of halogens is 3. The summed E-state index contributed by atoms with van der Waals surface area (Å²) in [5.74, 6) is -1.08. The van der Waals surface area contributed by atoms with Crippen LogP contribution in [0.3, 0.4) is 0 Å². The van der Waals surface area contributed by atoms with Crippen LogP contribution < -0.4 is 15.4 Å². The van der Waals surface area contributed by atoms with Crippen molar-refractivity contribution in [2.24, 2.45) is 5.92 Å². The third-order valence-electron chi connectivity index (χ3n) is 23.2. The predicted molar refractivity (Wildman–Crippen MR) is 468 cm³/mol. The second kappa shape index (κ2) is 34.0. The molecule has 3 N–H and O–H groups in total. The number of piperidine rings is 2. The smallest absolute Gasteiger partial charge is 0.165 e. The number of aryl methyl sites for hydroxylation is 7. The lowest BCUT2D eigenvalue weighted by Crippen LogP contribution is -2.32. The van der Waals surface area contributed by atoms with E-state index >= 15 is 0 Å². The van der Waals surface area contributed by atoms with Crippen molar-refractivity contribution in [3.8, 4) is 56.8 Å². The number of ether oxygens (including phenoxy) is 3. The Balaban J connectivity index is 0.000000113. The van der Waals surface area contributed by atoms with E-state index in [9.17, 15) is 18.3 Å². The maximum Gasteiger partial charge on any atom is 0.165 e. The van der Waals surface area contributed by atoms with Gasteiger partial charge in [-0.25, -0.2) is 31.9 Å². The molecule has 21 heteroatoms. The Morgan fingerprint density at radius 1 is 0.390 bits per heavy atom. The van der Waals surface area contributed by atoms with Crippen LogP contribution in [0.5, 0.6) is 11.5 Å². The molecule has 8 aromatic heterocycles. The normalized spacial score (nSPS) is 13.9. The zero-order valence-electron chi connectivity index (χ0n) is 67.9. The van der Waals surface area contributed by atoms with Crippen LogP contribution in [-0.2, 0) is 48.9 Å². The second-order valence-electron chi connectivity index (χ2n) is 30.7. The fourth-order valence-corrected chi connectivity index (χ4v) is 17.4. The largest absolute Gasteiger partial charge is 0.508 e. The fraction of sp³-hybridized carbons (Fsp3) is 0.258. The minimum Gasteiger partial charge on any atom is -0.508 e. The fourth-order valence-electron chi connectivity index (χ4n) is 17.4. The highest BCUT2D eigenvalue weighted by molar-refractivity contribution is 6.12. The van der Waals surface area contributed by atoms with Crippen molar-refractivity contribution in [2.75, 3.05) is 39.9 Å². The Labute approximate surface area is 682 Å². The third kappa shape index (κ3) is 15.3. The summed E-state index contributed by atoms with van der Waals surface area (Å²) >= 11 is 0. The zero-order chi connectivity index (χ0) is 81.2. The quantitative estimate of drug-likeness (QED) is 0.0754. The first-order valence-electron chi connectivity index (χ1n) is 41.0. The summed E-state index contributed by atoms with van der Waals surface area (Å²) in [4.78, 5) is 0. The van der Waals surface area contributed by atoms with Crippen molar-refractivity contribution < 1.29 is 32.5 Å². The van der Waals surface area contributed by atoms with E-state index in [0.717, 1.165) is 145 Å². The average molecular weight is 1580 g/mol. The molecule has 18 aromatic rings. The van der Waals surface area contributed by atoms with E-state index in [2.05, 4.69) is 225 Å². The minimum atomic E-state index is -0.868. The maximum absolute atomic E-state index is 14.3. The molecule has 118 heavy (non-hydrogen) atoms. The molecular weight excluding hydrogens is 1480 g/mol. The highest BCUT2D eigenvalue weighted by Crippen LogP contribution is 2.39. The summed E-state index contributed by atoms with van der Waals surface area (Å²) in [6, 6.07) is 67.6. The molecule has 0 radical (unpaired) electrons. The van der Waals surface area contributed by atoms with Gasteiger partial charge in [0.15, 0.2) is 23.2 Å². The first-order chi connectivity index (χ1) is 57.6. The molecule has 0 spiro atoms. The van der Waals surface area contributed by atoms with Gasteiger partial charge in [0.2, 0.25) is 0 Å². The van der Waals surface area contributed by atoms with Crippen molar-refractivity contribution in [1.29, 1.82) is 0 Å². The SMILES string of the molecule is CCn1c2ccc(C)cc2c2cc(-n3nccc3-c3ccc(F)c(F)c3)ccc21.CCn1c2ccc(C)cc2c2cc(-n3nccc3COC3CCNCC3)ccc21.CCn1c2ccc(C)cc2c2cc(-n3nccc3COCC3CCCNC3)ccc21.CCn1c2ccc(O)cc2c2cc(-n3nccc3-c3ccc(OC)c(F)c3)ccc21. The molecule has 0 saturated carbocycles. The monoisotopic (exact) mass is 1580 g/mol. The molecule has 2 saturated heterocycles. The Morgan fingerprint density at radius 3 is 1.22 bits per heavy atom. The number of phenols is 1. The summed E-state index contributed by atoms with van der Waals surface area (Å²) < 4.78 is 75.5. The summed E-state index contributed by atoms with van der Waals surface area (Å²) in [5.41, 5.74) is 22.3. The first-order valence-corrected chi connectivity index (χ1v) is 41.0. The number of benzene rings is 10. The lowest BCUT2D eigenvalue weighted by atomic mass is 10.0. The van der Waals surface area contributed by atoms with Crippen molar-refractivity contribution in [1.82, 2.24) is 68.0 Å². The Morgan fingerprint density at radius 2 is 0.788 bits per heavy atom. The number of fused-ring (bicyclic) bond motifs is 12. The van der Waals surface area contributed by atoms with Gasteiger partial charge in [-0.3, -0.25) is 0 Å². The van der Waals surface area contributed by atoms with Gasteiger partial charge in [-0.1, -0.05) is 34.9 Å². The van der Waals surface area contributed by atoms with E-state index in [1.807, 2.05) is 52.1 Å². The Hall–Kier alpha value is -12.5. The molecule has 2 fully saturated rings. The van der Waals surface area contributed by atoms with Crippen LogP contribution in [-0.4, -0.2) is 108 Å². The van der Waals surface area contributed by atoms with Gasteiger partial charge >= 0.3 is 0 Å². The molecule has 0 amide bonds. The van der Waals surface area contributed by atoms with Crippen molar-refractivity contribution in [3.63, 3.8) is 0 Å². The number of nitrogens with one attached hydrogen (secondary N) is 2. The molecule has 10 heterocycles. The van der Waals surface area contributed by atoms with Crippen molar-refractivity contribution >= 4 is 87.2 Å². The van der Waals surface area contributed by atoms with Gasteiger partial charge in [0, 0.05) is 143 Å². The van der Waals surface area contributed by atoms with Crippen molar-refractivity contribution in [3.05, 3.63) is 277 Å². The molecule has 20 rings (SSSR count). The predicted octanol–water partition coefficient (Wildman–Crippen LogP) is 21.2. The Kier molecular flexibility index (Phi) is 22.5. The molecule has 2 aliphatic rings. The summed E-state index contributed by atoms with van der Waals surface area (Å²) in [5, 5.41) is 44.5. The number of methoxy groups -OCH3 is 1. The van der Waals surface area contributed by atoms with Crippen LogP contribution in [0.2, 0.25) is 0 Å². The molecule has 2 aliphatic heterocycles. The highest BCUT2D eigenvalue weighted by Gasteiger charge is 2.22. The number of hydrogen-bond acceptors (Lipinski definition) is 10. The van der Waals surface area contributed by atoms with Gasteiger partial charge in [-0.15, -0.1) is 0 Å². The average Bonchev–Trinajstić information content (AvgIpc) is 1.61. The second-order valence-corrected chi connectivity index (χ2v) is 30.7. The van der Waals surface area contributed by atoms with Crippen LogP contribution in [0, 0.1) is 44.1 Å². The molecule has 600 valence electrons. The van der Waals surface area contributed by atoms with E-state index in [-0.39, 0.29) is 11.5 Å². The standard InChI is InChI=1S/C25H30N4O.C24H19F2N3.C24H20FN3O2.C24H28N4O/c1-3-28-24-8-6-18(2)13-22(24)23-14-20(7-9-25(23)28)29-21(10-12-27-29)17-30-16-19-5-4-11-26-15-19;1-3-28-23-8-4-15(2)12-18(23)19-14-17(6-9-24(19)28)29-22(10-11-27-29)16-5-7-20(25)21(26)13-16;1-3-27-22-7-5-16(13-18(22)19-14-17(29)6-8-23(19)27)28-21(10-11-26-28)15-4-9-24(30-2)20(25)12-15;1-3-27-23-6-4-17(2)14-21(23)22-15-18(5-7-24(22)27)28-19(8-13-26-28)16-29-20-9-11-25-12-10-20/h6-10,12-14,19,26H,3-5,11,15-17H2,1-2H3;4-14H,3H2,1-2H3;4-14,29H,3H2,1-2H3;4-8,13-15,20,25H,3,9-12,16H2,1-2H3. The number of aromatic hydroxyl groups is 1. The van der Waals surface area contributed by atoms with Crippen LogP contribution >= 0.6 is 0 Å². The third-order valence-corrected chi connectivity index (χ3v) is 23.2. The topological polar surface area (TPSA) is 163 Å². The van der Waals surface area contributed by atoms with E-state index in [1.165, 1.54) is 109 Å². The van der Waals surface area contributed by atoms with Gasteiger partial charge in [0.25, 0.3) is 0 Å². The van der Waals surface area contributed by atoms with Crippen LogP contribution in [0.15, 0.2) is 231 Å². The summed E-state index contributed by atoms with van der Waals surface area (Å²) in [6.45, 7) is 24.9. The number of rotatable bonds is 18. The maximum atomic E-state index is 14.3. The van der Waals surface area contributed by atoms with Crippen LogP contribution in [0.25, 0.3) is 132 Å². The van der Waals surface area contributed by atoms with Gasteiger partial charge < -0.3 is 48.2 Å². The van der Waals surface area contributed by atoms with Gasteiger partial charge in [0.05, 0.1) is 91.0 Å². The van der Waals surface area contributed by atoms with E-state index in [4.69, 9.17) is 14.2 Å². The summed E-state index contributed by atoms with van der Waals surface area (Å²) in [6.07, 6.45) is 12.1. The van der Waals surface area contributed by atoms with E-state index < -0.39 is 17.5 Å². The summed E-state index contributed by atoms with van der Waals surface area (Å²) in [7, 11) is 1.45. The molecular formula is C97H97F3N14O4. The zero-order valence-corrected chi connectivity index (χ0v) is 67.9. The van der Waals surface area contributed by atoms with Crippen molar-refractivity contribution in [2.45, 2.75) is 120 Å². The van der Waals surface area contributed by atoms with Gasteiger partial charge in [-0.2, -0.15) is 20.4 Å². The van der Waals surface area contributed by atoms with Crippen LogP contribution in [0.4, 0.5) is 13.2 Å². The number of nitrogens with zero attached hydrogens (tertiary/aromatic N) is 12. The minimum absolute atomic E-state index is 0.207.